The summed E-state index contributed by atoms with van der Waals surface area (Å²) in [6.07, 6.45) is 4.84. The van der Waals surface area contributed by atoms with Gasteiger partial charge in [0.15, 0.2) is 5.76 Å². The van der Waals surface area contributed by atoms with Crippen LogP contribution in [-0.4, -0.2) is 54.8 Å². The molecular weight excluding hydrogens is 502 g/mol. The van der Waals surface area contributed by atoms with Crippen LogP contribution in [0.25, 0.3) is 11.5 Å². The van der Waals surface area contributed by atoms with Crippen LogP contribution in [0.1, 0.15) is 66.3 Å². The number of nitrogens with zero attached hydrogens (tertiary/aromatic N) is 6. The summed E-state index contributed by atoms with van der Waals surface area (Å²) in [6.45, 7) is 9.46. The summed E-state index contributed by atoms with van der Waals surface area (Å²) < 4.78 is 7.01. The lowest BCUT2D eigenvalue weighted by Crippen LogP contribution is -2.40. The summed E-state index contributed by atoms with van der Waals surface area (Å²) in [6, 6.07) is 9.15. The van der Waals surface area contributed by atoms with Gasteiger partial charge in [-0.05, 0) is 50.1 Å². The van der Waals surface area contributed by atoms with Crippen LogP contribution in [0.4, 0.5) is 5.13 Å². The minimum absolute atomic E-state index is 0.0126. The molecule has 1 fully saturated rings. The van der Waals surface area contributed by atoms with Crippen molar-refractivity contribution in [3.8, 4) is 11.5 Å². The number of pyridine rings is 1. The maximum Gasteiger partial charge on any atom is 0.259 e. The molecule has 2 amide bonds. The number of hydrogen-bond donors (Lipinski definition) is 1. The van der Waals surface area contributed by atoms with E-state index < -0.39 is 0 Å². The van der Waals surface area contributed by atoms with Crippen molar-refractivity contribution in [3.63, 3.8) is 0 Å². The largest absolute Gasteiger partial charge is 0.463 e. The van der Waals surface area contributed by atoms with Crippen molar-refractivity contribution in [2.24, 2.45) is 0 Å². The van der Waals surface area contributed by atoms with Gasteiger partial charge in [0.25, 0.3) is 5.91 Å². The van der Waals surface area contributed by atoms with Crippen molar-refractivity contribution in [3.05, 3.63) is 64.8 Å². The number of rotatable bonds is 6. The quantitative estimate of drug-likeness (QED) is 0.383. The number of likely N-dealkylation sites (tertiary alicyclic amines) is 1. The summed E-state index contributed by atoms with van der Waals surface area (Å²) in [5.74, 6) is 0.519. The second kappa shape index (κ2) is 10.5. The van der Waals surface area contributed by atoms with Gasteiger partial charge in [0.05, 0.1) is 17.5 Å². The summed E-state index contributed by atoms with van der Waals surface area (Å²) in [5.41, 5.74) is 2.72. The summed E-state index contributed by atoms with van der Waals surface area (Å²) in [4.78, 5) is 32.8. The van der Waals surface area contributed by atoms with Crippen molar-refractivity contribution >= 4 is 28.3 Å². The van der Waals surface area contributed by atoms with Crippen LogP contribution in [0.5, 0.6) is 0 Å². The fraction of sp³-hybridized carbons (Fsp3) is 0.407. The highest BCUT2D eigenvalue weighted by Gasteiger charge is 2.29. The molecule has 1 aliphatic heterocycles. The van der Waals surface area contributed by atoms with E-state index in [1.807, 2.05) is 36.1 Å². The van der Waals surface area contributed by atoms with Crippen LogP contribution in [0.15, 0.2) is 47.2 Å². The molecule has 4 aromatic rings. The number of anilines is 1. The molecule has 11 heteroatoms. The smallest absolute Gasteiger partial charge is 0.259 e. The fourth-order valence-corrected chi connectivity index (χ4v) is 5.26. The van der Waals surface area contributed by atoms with Crippen molar-refractivity contribution in [1.29, 1.82) is 0 Å². The summed E-state index contributed by atoms with van der Waals surface area (Å²) in [5, 5.41) is 17.1. The van der Waals surface area contributed by atoms with Gasteiger partial charge in [-0.25, -0.2) is 0 Å². The third kappa shape index (κ3) is 5.67. The minimum Gasteiger partial charge on any atom is -0.463 e. The normalized spacial score (nSPS) is 14.6. The van der Waals surface area contributed by atoms with Gasteiger partial charge in [0, 0.05) is 36.3 Å². The maximum absolute atomic E-state index is 13.2. The van der Waals surface area contributed by atoms with Gasteiger partial charge < -0.3 is 9.32 Å². The number of piperidine rings is 1. The Labute approximate surface area is 225 Å². The molecule has 0 aromatic carbocycles. The number of amides is 2. The third-order valence-corrected chi connectivity index (χ3v) is 7.81. The minimum atomic E-state index is -0.242. The molecule has 1 N–H and O–H groups in total. The molecule has 1 saturated heterocycles. The van der Waals surface area contributed by atoms with Gasteiger partial charge in [0.2, 0.25) is 11.0 Å². The molecule has 198 valence electrons. The number of furan rings is 1. The van der Waals surface area contributed by atoms with Gasteiger partial charge >= 0.3 is 0 Å². The molecule has 0 unspecified atom stereocenters. The lowest BCUT2D eigenvalue weighted by molar-refractivity contribution is -0.133. The Morgan fingerprint density at radius 1 is 1.13 bits per heavy atom. The fourth-order valence-electron chi connectivity index (χ4n) is 4.47. The zero-order chi connectivity index (χ0) is 26.9. The van der Waals surface area contributed by atoms with Crippen LogP contribution in [0, 0.1) is 6.92 Å². The number of aromatic nitrogens is 5. The second-order valence-electron chi connectivity index (χ2n) is 10.5. The molecule has 5 rings (SSSR count). The van der Waals surface area contributed by atoms with E-state index in [-0.39, 0.29) is 29.7 Å². The predicted molar refractivity (Wildman–Crippen MR) is 144 cm³/mol. The molecule has 4 aromatic heterocycles. The molecule has 0 bridgehead atoms. The van der Waals surface area contributed by atoms with Gasteiger partial charge in [0.1, 0.15) is 17.2 Å². The Hall–Kier alpha value is -3.86. The lowest BCUT2D eigenvalue weighted by Gasteiger charge is -2.32. The Bertz CT molecular complexity index is 1430. The SMILES string of the molecule is Cc1ccc(C(=O)Nc2nnc(C(C)(C)C)s2)c(C2CCN(C(=O)Cn3ccc(-c4ccco4)n3)CC2)n1. The summed E-state index contributed by atoms with van der Waals surface area (Å²) in [7, 11) is 0. The number of nitrogens with one attached hydrogen (secondary N) is 1. The van der Waals surface area contributed by atoms with E-state index in [0.717, 1.165) is 29.2 Å². The zero-order valence-corrected chi connectivity index (χ0v) is 22.8. The highest BCUT2D eigenvalue weighted by Crippen LogP contribution is 2.31. The first kappa shape index (κ1) is 25.8. The van der Waals surface area contributed by atoms with Crippen molar-refractivity contribution in [1.82, 2.24) is 29.9 Å². The van der Waals surface area contributed by atoms with Crippen molar-refractivity contribution in [2.45, 2.75) is 58.4 Å². The molecule has 5 heterocycles. The van der Waals surface area contributed by atoms with Crippen LogP contribution in [0.3, 0.4) is 0 Å². The lowest BCUT2D eigenvalue weighted by atomic mass is 9.89. The Balaban J connectivity index is 1.22. The monoisotopic (exact) mass is 533 g/mol. The van der Waals surface area contributed by atoms with Gasteiger partial charge in [-0.15, -0.1) is 10.2 Å². The molecule has 0 atom stereocenters. The van der Waals surface area contributed by atoms with Gasteiger partial charge in [-0.1, -0.05) is 32.1 Å². The number of carbonyl (C=O) groups excluding carboxylic acids is 2. The molecule has 0 aliphatic carbocycles. The molecule has 0 spiro atoms. The molecule has 1 aliphatic rings. The van der Waals surface area contributed by atoms with Crippen molar-refractivity contribution in [2.75, 3.05) is 18.4 Å². The van der Waals surface area contributed by atoms with E-state index in [2.05, 4.69) is 41.4 Å². The molecule has 0 saturated carbocycles. The third-order valence-electron chi connectivity index (χ3n) is 6.54. The number of hydrogen-bond acceptors (Lipinski definition) is 8. The van der Waals surface area contributed by atoms with E-state index in [0.29, 0.717) is 35.2 Å². The average Bonchev–Trinajstić information content (AvgIpc) is 3.66. The first-order chi connectivity index (χ1) is 18.2. The van der Waals surface area contributed by atoms with E-state index in [4.69, 9.17) is 9.40 Å². The Kier molecular flexibility index (Phi) is 7.11. The predicted octanol–water partition coefficient (Wildman–Crippen LogP) is 4.65. The van der Waals surface area contributed by atoms with Crippen LogP contribution in [-0.2, 0) is 16.8 Å². The van der Waals surface area contributed by atoms with E-state index >= 15 is 0 Å². The van der Waals surface area contributed by atoms with Gasteiger partial charge in [-0.3, -0.25) is 24.6 Å². The van der Waals surface area contributed by atoms with E-state index in [1.165, 1.54) is 11.3 Å². The highest BCUT2D eigenvalue weighted by molar-refractivity contribution is 7.15. The van der Waals surface area contributed by atoms with Crippen molar-refractivity contribution < 1.29 is 14.0 Å². The standard InChI is InChI=1S/C27H31N7O3S/c1-17-7-8-19(24(36)29-26-31-30-25(38-26)27(2,3)4)23(28-17)18-9-12-33(13-10-18)22(35)16-34-14-11-20(32-34)21-6-5-15-37-21/h5-8,11,14-15,18H,9-10,12-13,16H2,1-4H3,(H,29,31,36). The zero-order valence-electron chi connectivity index (χ0n) is 22.0. The second-order valence-corrected chi connectivity index (χ2v) is 11.5. The maximum atomic E-state index is 13.2. The molecule has 10 nitrogen and oxygen atoms in total. The Morgan fingerprint density at radius 3 is 2.61 bits per heavy atom. The summed E-state index contributed by atoms with van der Waals surface area (Å²) >= 11 is 1.38. The van der Waals surface area contributed by atoms with Crippen LogP contribution >= 0.6 is 11.3 Å². The Morgan fingerprint density at radius 2 is 1.92 bits per heavy atom. The van der Waals surface area contributed by atoms with E-state index in [1.54, 1.807) is 23.2 Å². The molecule has 0 radical (unpaired) electrons. The number of aryl methyl sites for hydroxylation is 1. The molecule has 38 heavy (non-hydrogen) atoms. The number of carbonyl (C=O) groups is 2. The highest BCUT2D eigenvalue weighted by atomic mass is 32.1. The topological polar surface area (TPSA) is 119 Å². The van der Waals surface area contributed by atoms with Gasteiger partial charge in [-0.2, -0.15) is 5.10 Å². The average molecular weight is 534 g/mol. The first-order valence-electron chi connectivity index (χ1n) is 12.7. The van der Waals surface area contributed by atoms with E-state index in [9.17, 15) is 9.59 Å². The first-order valence-corrected chi connectivity index (χ1v) is 13.5. The van der Waals surface area contributed by atoms with Crippen LogP contribution in [0.2, 0.25) is 0 Å². The van der Waals surface area contributed by atoms with Crippen LogP contribution < -0.4 is 5.32 Å². The molecular formula is C27H31N7O3S.